The van der Waals surface area contributed by atoms with Crippen molar-refractivity contribution in [3.05, 3.63) is 46.6 Å². The van der Waals surface area contributed by atoms with Gasteiger partial charge in [-0.05, 0) is 36.6 Å². The lowest BCUT2D eigenvalue weighted by Gasteiger charge is -2.20. The molecular formula is C14H13NOS. The minimum Gasteiger partial charge on any atom is -0.493 e. The van der Waals surface area contributed by atoms with Gasteiger partial charge in [0.25, 0.3) is 0 Å². The Hall–Kier alpha value is -1.61. The van der Waals surface area contributed by atoms with Crippen molar-refractivity contribution in [1.82, 2.24) is 4.98 Å². The molecule has 1 aliphatic rings. The number of para-hydroxylation sites is 1. The van der Waals surface area contributed by atoms with Gasteiger partial charge in [0, 0.05) is 5.56 Å². The van der Waals surface area contributed by atoms with Gasteiger partial charge in [-0.25, -0.2) is 0 Å². The molecule has 1 aromatic heterocycles. The second kappa shape index (κ2) is 4.34. The van der Waals surface area contributed by atoms with Gasteiger partial charge in [0.15, 0.2) is 0 Å². The van der Waals surface area contributed by atoms with E-state index in [0.29, 0.717) is 0 Å². The molecule has 0 saturated heterocycles. The molecule has 17 heavy (non-hydrogen) atoms. The molecule has 86 valence electrons. The van der Waals surface area contributed by atoms with E-state index in [1.54, 1.807) is 0 Å². The Kier molecular flexibility index (Phi) is 2.69. The van der Waals surface area contributed by atoms with E-state index in [1.807, 2.05) is 18.2 Å². The molecule has 3 heteroatoms. The fraction of sp³-hybridized carbons (Fsp3) is 0.214. The highest BCUT2D eigenvalue weighted by molar-refractivity contribution is 7.71. The predicted octanol–water partition coefficient (Wildman–Crippen LogP) is 3.74. The van der Waals surface area contributed by atoms with Crippen molar-refractivity contribution in [2.45, 2.75) is 12.8 Å². The molecule has 0 spiro atoms. The number of nitrogens with one attached hydrogen (secondary N) is 1. The quantitative estimate of drug-likeness (QED) is 0.772. The van der Waals surface area contributed by atoms with E-state index in [0.717, 1.165) is 41.1 Å². The first-order valence-corrected chi connectivity index (χ1v) is 6.20. The van der Waals surface area contributed by atoms with E-state index >= 15 is 0 Å². The molecule has 0 fully saturated rings. The monoisotopic (exact) mass is 243 g/mol. The Morgan fingerprint density at radius 2 is 2.00 bits per heavy atom. The summed E-state index contributed by atoms with van der Waals surface area (Å²) in [5.41, 5.74) is 3.42. The van der Waals surface area contributed by atoms with Gasteiger partial charge in [0.2, 0.25) is 0 Å². The Morgan fingerprint density at radius 1 is 1.12 bits per heavy atom. The SMILES string of the molecule is S=c1cccc(-c2cccc3c2OCCC3)[nH]1. The standard InChI is InChI=1S/C14H13NOS/c17-13-8-2-7-12(15-13)11-6-1-4-10-5-3-9-16-14(10)11/h1-2,4,6-8H,3,5,9H2,(H,15,17). The largest absolute Gasteiger partial charge is 0.493 e. The van der Waals surface area contributed by atoms with Gasteiger partial charge >= 0.3 is 0 Å². The fourth-order valence-corrected chi connectivity index (χ4v) is 2.39. The summed E-state index contributed by atoms with van der Waals surface area (Å²) in [5.74, 6) is 1.01. The number of H-pyrrole nitrogens is 1. The highest BCUT2D eigenvalue weighted by Crippen LogP contribution is 2.34. The van der Waals surface area contributed by atoms with Crippen LogP contribution in [0.2, 0.25) is 0 Å². The first kappa shape index (κ1) is 10.5. The van der Waals surface area contributed by atoms with Crippen LogP contribution < -0.4 is 4.74 Å². The summed E-state index contributed by atoms with van der Waals surface area (Å²) in [6.07, 6.45) is 2.19. The molecule has 2 heterocycles. The van der Waals surface area contributed by atoms with Crippen LogP contribution in [0, 0.1) is 4.64 Å². The minimum absolute atomic E-state index is 0.746. The average molecular weight is 243 g/mol. The Morgan fingerprint density at radius 3 is 2.88 bits per heavy atom. The number of hydrogen-bond acceptors (Lipinski definition) is 2. The smallest absolute Gasteiger partial charge is 0.131 e. The number of hydrogen-bond donors (Lipinski definition) is 1. The van der Waals surface area contributed by atoms with Gasteiger partial charge in [-0.3, -0.25) is 0 Å². The van der Waals surface area contributed by atoms with Crippen LogP contribution in [0.5, 0.6) is 5.75 Å². The van der Waals surface area contributed by atoms with E-state index in [2.05, 4.69) is 23.2 Å². The number of benzene rings is 1. The molecule has 1 aromatic carbocycles. The lowest BCUT2D eigenvalue weighted by atomic mass is 10.0. The number of ether oxygens (including phenoxy) is 1. The Labute approximate surface area is 105 Å². The van der Waals surface area contributed by atoms with Crippen molar-refractivity contribution in [3.8, 4) is 17.0 Å². The van der Waals surface area contributed by atoms with E-state index in [-0.39, 0.29) is 0 Å². The summed E-state index contributed by atoms with van der Waals surface area (Å²) in [5, 5.41) is 0. The summed E-state index contributed by atoms with van der Waals surface area (Å²) in [6.45, 7) is 0.803. The van der Waals surface area contributed by atoms with Crippen LogP contribution in [0.4, 0.5) is 0 Å². The molecule has 1 N–H and O–H groups in total. The van der Waals surface area contributed by atoms with Crippen LogP contribution in [-0.2, 0) is 6.42 Å². The second-order valence-corrected chi connectivity index (χ2v) is 4.61. The first-order valence-electron chi connectivity index (χ1n) is 5.79. The number of aromatic amines is 1. The molecule has 0 saturated carbocycles. The minimum atomic E-state index is 0.746. The molecule has 0 amide bonds. The molecule has 2 nitrogen and oxygen atoms in total. The number of pyridine rings is 1. The molecule has 0 atom stereocenters. The third-order valence-corrected chi connectivity index (χ3v) is 3.23. The predicted molar refractivity (Wildman–Crippen MR) is 70.9 cm³/mol. The molecule has 0 bridgehead atoms. The highest BCUT2D eigenvalue weighted by Gasteiger charge is 2.15. The summed E-state index contributed by atoms with van der Waals surface area (Å²) < 4.78 is 6.54. The zero-order chi connectivity index (χ0) is 11.7. The van der Waals surface area contributed by atoms with E-state index in [4.69, 9.17) is 17.0 Å². The summed E-state index contributed by atoms with van der Waals surface area (Å²) in [4.78, 5) is 3.21. The number of fused-ring (bicyclic) bond motifs is 1. The lowest BCUT2D eigenvalue weighted by Crippen LogP contribution is -2.09. The molecular weight excluding hydrogens is 230 g/mol. The van der Waals surface area contributed by atoms with Crippen LogP contribution in [0.3, 0.4) is 0 Å². The topological polar surface area (TPSA) is 25.0 Å². The normalized spacial score (nSPS) is 13.9. The molecule has 0 radical (unpaired) electrons. The molecule has 1 aliphatic heterocycles. The van der Waals surface area contributed by atoms with Crippen molar-refractivity contribution in [1.29, 1.82) is 0 Å². The van der Waals surface area contributed by atoms with Crippen LogP contribution >= 0.6 is 12.2 Å². The van der Waals surface area contributed by atoms with E-state index < -0.39 is 0 Å². The van der Waals surface area contributed by atoms with Gasteiger partial charge < -0.3 is 9.72 Å². The third-order valence-electron chi connectivity index (χ3n) is 2.99. The van der Waals surface area contributed by atoms with Crippen molar-refractivity contribution >= 4 is 12.2 Å². The third kappa shape index (κ3) is 1.98. The molecule has 2 aromatic rings. The number of rotatable bonds is 1. The summed E-state index contributed by atoms with van der Waals surface area (Å²) >= 11 is 5.16. The van der Waals surface area contributed by atoms with Crippen LogP contribution in [0.25, 0.3) is 11.3 Å². The molecule has 0 unspecified atom stereocenters. The second-order valence-electron chi connectivity index (χ2n) is 4.17. The zero-order valence-corrected chi connectivity index (χ0v) is 10.2. The molecule has 0 aliphatic carbocycles. The maximum atomic E-state index is 5.79. The number of aryl methyl sites for hydroxylation is 1. The molecule has 3 rings (SSSR count). The van der Waals surface area contributed by atoms with E-state index in [1.165, 1.54) is 5.56 Å². The van der Waals surface area contributed by atoms with Gasteiger partial charge in [0.1, 0.15) is 10.4 Å². The maximum Gasteiger partial charge on any atom is 0.131 e. The first-order chi connectivity index (χ1) is 8.34. The average Bonchev–Trinajstić information content (AvgIpc) is 2.38. The number of aromatic nitrogens is 1. The summed E-state index contributed by atoms with van der Waals surface area (Å²) in [7, 11) is 0. The maximum absolute atomic E-state index is 5.79. The lowest BCUT2D eigenvalue weighted by molar-refractivity contribution is 0.289. The Bertz CT molecular complexity index is 603. The van der Waals surface area contributed by atoms with E-state index in [9.17, 15) is 0 Å². The van der Waals surface area contributed by atoms with Crippen LogP contribution in [0.15, 0.2) is 36.4 Å². The van der Waals surface area contributed by atoms with Crippen molar-refractivity contribution in [2.24, 2.45) is 0 Å². The van der Waals surface area contributed by atoms with Crippen molar-refractivity contribution < 1.29 is 4.74 Å². The Balaban J connectivity index is 2.18. The highest BCUT2D eigenvalue weighted by atomic mass is 32.1. The van der Waals surface area contributed by atoms with Crippen LogP contribution in [-0.4, -0.2) is 11.6 Å². The van der Waals surface area contributed by atoms with Crippen molar-refractivity contribution in [3.63, 3.8) is 0 Å². The van der Waals surface area contributed by atoms with Gasteiger partial charge in [0.05, 0.1) is 12.3 Å². The van der Waals surface area contributed by atoms with Gasteiger partial charge in [-0.15, -0.1) is 0 Å². The van der Waals surface area contributed by atoms with Gasteiger partial charge in [-0.1, -0.05) is 30.4 Å². The van der Waals surface area contributed by atoms with Crippen molar-refractivity contribution in [2.75, 3.05) is 6.61 Å². The summed E-state index contributed by atoms with van der Waals surface area (Å²) in [6, 6.07) is 12.2. The van der Waals surface area contributed by atoms with Crippen LogP contribution in [0.1, 0.15) is 12.0 Å². The zero-order valence-electron chi connectivity index (χ0n) is 9.40. The van der Waals surface area contributed by atoms with Gasteiger partial charge in [-0.2, -0.15) is 0 Å². The fourth-order valence-electron chi connectivity index (χ4n) is 2.21.